The molecule has 0 heterocycles. The number of hydrogen-bond donors (Lipinski definition) is 0. The van der Waals surface area contributed by atoms with E-state index in [4.69, 9.17) is 0 Å². The Hall–Kier alpha value is -0.0500. The molecule has 0 aromatic heterocycles. The van der Waals surface area contributed by atoms with Gasteiger partial charge in [-0.2, -0.15) is 0 Å². The van der Waals surface area contributed by atoms with Gasteiger partial charge in [0.1, 0.15) is 0 Å². The molecule has 0 nitrogen and oxygen atoms in total. The molecule has 0 aliphatic carbocycles. The molecule has 0 atom stereocenters. The summed E-state index contributed by atoms with van der Waals surface area (Å²) in [5.74, 6) is 0. The van der Waals surface area contributed by atoms with Gasteiger partial charge in [-0.1, -0.05) is 52.5 Å². The fraction of sp³-hybridized carbons (Fsp3) is 0.250. The molecule has 0 saturated carbocycles. The first-order chi connectivity index (χ1) is 4.31. The number of rotatable bonds is 2. The van der Waals surface area contributed by atoms with E-state index in [9.17, 15) is 0 Å². The summed E-state index contributed by atoms with van der Waals surface area (Å²) in [6, 6.07) is 0. The predicted octanol–water partition coefficient (Wildman–Crippen LogP) is 3.46. The molecule has 0 fully saturated rings. The lowest BCUT2D eigenvalue weighted by Crippen LogP contribution is -1.62. The monoisotopic (exact) mass is 234 g/mol. The Kier molecular flexibility index (Phi) is 6.04. The van der Waals surface area contributed by atoms with Crippen LogP contribution in [0, 0.1) is 0 Å². The Labute approximate surface area is 70.5 Å². The van der Waals surface area contributed by atoms with Crippen LogP contribution in [0.3, 0.4) is 0 Å². The summed E-state index contributed by atoms with van der Waals surface area (Å²) >= 11 is 2.20. The zero-order valence-corrected chi connectivity index (χ0v) is 7.92. The van der Waals surface area contributed by atoms with E-state index in [0.29, 0.717) is 0 Å². The van der Waals surface area contributed by atoms with Gasteiger partial charge in [-0.3, -0.25) is 0 Å². The summed E-state index contributed by atoms with van der Waals surface area (Å²) in [6.45, 7) is 4.10. The van der Waals surface area contributed by atoms with Gasteiger partial charge in [0.2, 0.25) is 0 Å². The minimum absolute atomic E-state index is 1.28. The van der Waals surface area contributed by atoms with E-state index < -0.39 is 0 Å². The molecule has 0 aliphatic rings. The first-order valence-electron chi connectivity index (χ1n) is 2.87. The number of hydrogen-bond acceptors (Lipinski definition) is 0. The second kappa shape index (κ2) is 6.08. The van der Waals surface area contributed by atoms with E-state index in [0.717, 1.165) is 0 Å². The van der Waals surface area contributed by atoms with Gasteiger partial charge in [-0.25, -0.2) is 0 Å². The van der Waals surface area contributed by atoms with Crippen molar-refractivity contribution >= 4 is 22.6 Å². The van der Waals surface area contributed by atoms with E-state index in [1.807, 2.05) is 23.2 Å². The summed E-state index contributed by atoms with van der Waals surface area (Å²) in [6.07, 6.45) is 8.21. The molecule has 0 saturated heterocycles. The minimum atomic E-state index is 1.28. The third kappa shape index (κ3) is 5.83. The lowest BCUT2D eigenvalue weighted by Gasteiger charge is -1.83. The summed E-state index contributed by atoms with van der Waals surface area (Å²) in [7, 11) is 0. The van der Waals surface area contributed by atoms with E-state index in [1.54, 1.807) is 0 Å². The highest BCUT2D eigenvalue weighted by atomic mass is 127. The van der Waals surface area contributed by atoms with Gasteiger partial charge < -0.3 is 0 Å². The van der Waals surface area contributed by atoms with Crippen molar-refractivity contribution in [2.24, 2.45) is 0 Å². The first kappa shape index (κ1) is 8.95. The van der Waals surface area contributed by atoms with Crippen molar-refractivity contribution in [3.05, 3.63) is 34.0 Å². The van der Waals surface area contributed by atoms with Gasteiger partial charge in [-0.15, -0.1) is 0 Å². The highest BCUT2D eigenvalue weighted by molar-refractivity contribution is 14.1. The second-order valence-corrected chi connectivity index (χ2v) is 2.45. The van der Waals surface area contributed by atoms with Crippen LogP contribution in [0.4, 0.5) is 0 Å². The molecule has 0 aliphatic heterocycles. The summed E-state index contributed by atoms with van der Waals surface area (Å²) in [5.41, 5.74) is 1.28. The summed E-state index contributed by atoms with van der Waals surface area (Å²) in [4.78, 5) is 0. The number of allylic oxidation sites excluding steroid dienone is 5. The Morgan fingerprint density at radius 2 is 2.11 bits per heavy atom. The normalized spacial score (nSPS) is 13.9. The van der Waals surface area contributed by atoms with Crippen LogP contribution in [0.5, 0.6) is 0 Å². The van der Waals surface area contributed by atoms with Crippen LogP contribution in [-0.4, -0.2) is 0 Å². The van der Waals surface area contributed by atoms with Crippen molar-refractivity contribution in [3.63, 3.8) is 0 Å². The van der Waals surface area contributed by atoms with E-state index >= 15 is 0 Å². The zero-order chi connectivity index (χ0) is 7.11. The van der Waals surface area contributed by atoms with E-state index in [1.165, 1.54) is 5.57 Å². The second-order valence-electron chi connectivity index (χ2n) is 1.73. The lowest BCUT2D eigenvalue weighted by atomic mass is 10.2. The third-order valence-electron chi connectivity index (χ3n) is 0.861. The molecule has 0 rings (SSSR count). The van der Waals surface area contributed by atoms with Gasteiger partial charge in [0, 0.05) is 0 Å². The average molecular weight is 234 g/mol. The predicted molar refractivity (Wildman–Crippen MR) is 51.7 cm³/mol. The lowest BCUT2D eigenvalue weighted by molar-refractivity contribution is 1.50. The van der Waals surface area contributed by atoms with Gasteiger partial charge in [0.15, 0.2) is 0 Å². The van der Waals surface area contributed by atoms with Crippen LogP contribution in [0.15, 0.2) is 34.0 Å². The molecule has 0 unspecified atom stereocenters. The van der Waals surface area contributed by atoms with E-state index in [-0.39, 0.29) is 0 Å². The molecule has 0 spiro atoms. The standard InChI is InChI=1S/C8H11I/c1-3-5-8(2)6-4-7-9/h3-7H,1-2H3/b5-3-,7-4+,8-6-. The third-order valence-corrected chi connectivity index (χ3v) is 1.28. The molecular weight excluding hydrogens is 223 g/mol. The molecule has 9 heavy (non-hydrogen) atoms. The molecule has 1 heteroatoms. The zero-order valence-electron chi connectivity index (χ0n) is 5.76. The molecule has 0 aromatic rings. The van der Waals surface area contributed by atoms with Gasteiger partial charge in [-0.05, 0) is 17.9 Å². The van der Waals surface area contributed by atoms with Crippen molar-refractivity contribution in [3.8, 4) is 0 Å². The minimum Gasteiger partial charge on any atom is -0.0874 e. The van der Waals surface area contributed by atoms with Crippen molar-refractivity contribution in [1.29, 1.82) is 0 Å². The van der Waals surface area contributed by atoms with E-state index in [2.05, 4.69) is 41.7 Å². The Morgan fingerprint density at radius 1 is 1.44 bits per heavy atom. The molecule has 0 amide bonds. The van der Waals surface area contributed by atoms with Gasteiger partial charge in [0.25, 0.3) is 0 Å². The van der Waals surface area contributed by atoms with Crippen LogP contribution in [0.25, 0.3) is 0 Å². The van der Waals surface area contributed by atoms with Crippen molar-refractivity contribution in [2.45, 2.75) is 13.8 Å². The fourth-order valence-electron chi connectivity index (χ4n) is 0.507. The van der Waals surface area contributed by atoms with Crippen LogP contribution in [-0.2, 0) is 0 Å². The van der Waals surface area contributed by atoms with Crippen LogP contribution < -0.4 is 0 Å². The van der Waals surface area contributed by atoms with Crippen molar-refractivity contribution < 1.29 is 0 Å². The quantitative estimate of drug-likeness (QED) is 0.507. The van der Waals surface area contributed by atoms with Crippen LogP contribution in [0.1, 0.15) is 13.8 Å². The topological polar surface area (TPSA) is 0 Å². The molecule has 0 aromatic carbocycles. The van der Waals surface area contributed by atoms with Crippen molar-refractivity contribution in [2.75, 3.05) is 0 Å². The van der Waals surface area contributed by atoms with Crippen LogP contribution in [0.2, 0.25) is 0 Å². The largest absolute Gasteiger partial charge is 0.0874 e. The van der Waals surface area contributed by atoms with Gasteiger partial charge >= 0.3 is 0 Å². The Morgan fingerprint density at radius 3 is 2.56 bits per heavy atom. The maximum absolute atomic E-state index is 2.20. The maximum Gasteiger partial charge on any atom is -0.0234 e. The molecule has 0 radical (unpaired) electrons. The molecule has 0 bridgehead atoms. The molecule has 50 valence electrons. The molecular formula is C8H11I. The average Bonchev–Trinajstić information content (AvgIpc) is 1.85. The number of halogens is 1. The summed E-state index contributed by atoms with van der Waals surface area (Å²) in [5, 5.41) is 0. The van der Waals surface area contributed by atoms with Crippen LogP contribution >= 0.6 is 22.6 Å². The highest BCUT2D eigenvalue weighted by Gasteiger charge is 1.73. The molecule has 0 N–H and O–H groups in total. The smallest absolute Gasteiger partial charge is 0.0234 e. The Balaban J connectivity index is 3.84. The SMILES string of the molecule is C\C=C/C(C)=C\C=C\I. The summed E-state index contributed by atoms with van der Waals surface area (Å²) < 4.78 is 1.99. The van der Waals surface area contributed by atoms with Gasteiger partial charge in [0.05, 0.1) is 0 Å². The highest BCUT2D eigenvalue weighted by Crippen LogP contribution is 1.95. The van der Waals surface area contributed by atoms with Crippen molar-refractivity contribution in [1.82, 2.24) is 0 Å². The first-order valence-corrected chi connectivity index (χ1v) is 4.12. The fourth-order valence-corrected chi connectivity index (χ4v) is 0.714. The maximum atomic E-state index is 2.20. The Bertz CT molecular complexity index is 141.